The van der Waals surface area contributed by atoms with Gasteiger partial charge in [0.2, 0.25) is 0 Å². The normalized spacial score (nSPS) is 13.6. The van der Waals surface area contributed by atoms with Gasteiger partial charge in [0.1, 0.15) is 0 Å². The van der Waals surface area contributed by atoms with Crippen molar-refractivity contribution in [3.63, 3.8) is 0 Å². The van der Waals surface area contributed by atoms with Gasteiger partial charge in [0.15, 0.2) is 6.80 Å². The van der Waals surface area contributed by atoms with Crippen molar-refractivity contribution >= 4 is 37.8 Å². The third-order valence-corrected chi connectivity index (χ3v) is 6.56. The van der Waals surface area contributed by atoms with Crippen LogP contribution in [-0.4, -0.2) is 17.3 Å². The molecule has 13 heteroatoms. The van der Waals surface area contributed by atoms with Crippen LogP contribution in [0.4, 0.5) is 0 Å². The molecule has 6 nitrogen and oxygen atoms in total. The number of phosphoric acid groups is 1. The van der Waals surface area contributed by atoms with E-state index in [-0.39, 0.29) is 94.4 Å². The Balaban J connectivity index is -0.000000327. The van der Waals surface area contributed by atoms with Gasteiger partial charge in [0, 0.05) is 5.75 Å². The van der Waals surface area contributed by atoms with Crippen LogP contribution in [0.3, 0.4) is 0 Å². The van der Waals surface area contributed by atoms with Crippen LogP contribution in [0.5, 0.6) is 0 Å². The van der Waals surface area contributed by atoms with Crippen molar-refractivity contribution in [2.75, 3.05) is 17.3 Å². The summed E-state index contributed by atoms with van der Waals surface area (Å²) in [6, 6.07) is 0. The zero-order valence-electron chi connectivity index (χ0n) is 11.0. The van der Waals surface area contributed by atoms with E-state index in [0.717, 1.165) is 11.5 Å². The largest absolute Gasteiger partial charge is 1.00 e. The molecule has 0 fully saturated rings. The summed E-state index contributed by atoms with van der Waals surface area (Å²) < 4.78 is 24.3. The van der Waals surface area contributed by atoms with Gasteiger partial charge in [-0.05, 0) is 17.9 Å². The Labute approximate surface area is 182 Å². The SMILES string of the molecule is CCSCCCSP(=O)([O-])OP(=O)([O-])[O-].[Na+].[Na+].[Na+]. The molecular weight excluding hydrogens is 351 g/mol. The maximum Gasteiger partial charge on any atom is 1.00 e. The minimum atomic E-state index is -5.45. The molecule has 0 aromatic rings. The molecule has 0 saturated carbocycles. The maximum atomic E-state index is 10.9. The molecule has 1 unspecified atom stereocenters. The molecule has 0 bridgehead atoms. The summed E-state index contributed by atoms with van der Waals surface area (Å²) in [5.74, 6) is 1.94. The van der Waals surface area contributed by atoms with Gasteiger partial charge in [-0.2, -0.15) is 11.8 Å². The summed E-state index contributed by atoms with van der Waals surface area (Å²) in [6.07, 6.45) is 0.612. The van der Waals surface area contributed by atoms with Crippen LogP contribution in [0.1, 0.15) is 13.3 Å². The summed E-state index contributed by atoms with van der Waals surface area (Å²) in [5.41, 5.74) is 0. The first kappa shape index (κ1) is 29.9. The van der Waals surface area contributed by atoms with Crippen LogP contribution in [0.25, 0.3) is 0 Å². The van der Waals surface area contributed by atoms with Gasteiger partial charge in [-0.3, -0.25) is 8.88 Å². The van der Waals surface area contributed by atoms with E-state index in [0.29, 0.717) is 17.8 Å². The predicted molar refractivity (Wildman–Crippen MR) is 56.4 cm³/mol. The summed E-state index contributed by atoms with van der Waals surface area (Å²) >= 11 is 2.00. The second-order valence-electron chi connectivity index (χ2n) is 2.36. The summed E-state index contributed by atoms with van der Waals surface area (Å²) in [6.45, 7) is -2.62. The Morgan fingerprint density at radius 1 is 1.06 bits per heavy atom. The predicted octanol–water partition coefficient (Wildman–Crippen LogP) is -8.81. The van der Waals surface area contributed by atoms with Gasteiger partial charge in [-0.25, -0.2) is 0 Å². The molecule has 0 radical (unpaired) electrons. The number of thioether (sulfide) groups is 1. The van der Waals surface area contributed by atoms with Crippen LogP contribution < -0.4 is 103 Å². The Hall–Kier alpha value is 4.00. The third-order valence-electron chi connectivity index (χ3n) is 1.09. The minimum absolute atomic E-state index is 0. The second kappa shape index (κ2) is 15.9. The van der Waals surface area contributed by atoms with Crippen LogP contribution in [0, 0.1) is 0 Å². The van der Waals surface area contributed by atoms with Gasteiger partial charge in [0.05, 0.1) is 7.82 Å². The van der Waals surface area contributed by atoms with E-state index in [9.17, 15) is 23.8 Å². The van der Waals surface area contributed by atoms with Gasteiger partial charge in [0.25, 0.3) is 0 Å². The van der Waals surface area contributed by atoms with Gasteiger partial charge in [-0.15, -0.1) is 0 Å². The molecule has 0 N–H and O–H groups in total. The van der Waals surface area contributed by atoms with Gasteiger partial charge >= 0.3 is 88.7 Å². The molecule has 0 spiro atoms. The van der Waals surface area contributed by atoms with Crippen molar-refractivity contribution in [1.29, 1.82) is 0 Å². The van der Waals surface area contributed by atoms with E-state index in [1.165, 1.54) is 0 Å². The molecule has 18 heavy (non-hydrogen) atoms. The zero-order valence-corrected chi connectivity index (χ0v) is 20.4. The third kappa shape index (κ3) is 22.3. The molecule has 0 rings (SSSR count). The fourth-order valence-electron chi connectivity index (χ4n) is 0.628. The number of rotatable bonds is 8. The van der Waals surface area contributed by atoms with Crippen molar-refractivity contribution in [1.82, 2.24) is 0 Å². The van der Waals surface area contributed by atoms with Gasteiger partial charge in [-0.1, -0.05) is 18.3 Å². The smallest absolute Gasteiger partial charge is 0.790 e. The van der Waals surface area contributed by atoms with Crippen molar-refractivity contribution in [2.45, 2.75) is 13.3 Å². The number of hydrogen-bond donors (Lipinski definition) is 0. The van der Waals surface area contributed by atoms with E-state index in [1.807, 2.05) is 6.92 Å². The molecule has 0 aliphatic heterocycles. The van der Waals surface area contributed by atoms with E-state index in [4.69, 9.17) is 0 Å². The molecular formula is C5H11Na3O6P2S2. The number of hydrogen-bond acceptors (Lipinski definition) is 8. The monoisotopic (exact) mass is 362 g/mol. The Kier molecular flexibility index (Phi) is 26.4. The molecule has 0 aromatic carbocycles. The summed E-state index contributed by atoms with van der Waals surface area (Å²) in [5, 5.41) is 0. The van der Waals surface area contributed by atoms with E-state index in [2.05, 4.69) is 4.31 Å². The maximum absolute atomic E-state index is 10.9. The Bertz CT molecular complexity index is 278. The van der Waals surface area contributed by atoms with Crippen LogP contribution in [-0.2, 0) is 13.4 Å². The van der Waals surface area contributed by atoms with Crippen LogP contribution >= 0.6 is 37.8 Å². The Morgan fingerprint density at radius 3 is 1.94 bits per heavy atom. The molecule has 0 saturated heterocycles. The topological polar surface area (TPSA) is 113 Å². The molecule has 0 aliphatic rings. The average molecular weight is 362 g/mol. The van der Waals surface area contributed by atoms with E-state index >= 15 is 0 Å². The first-order valence-electron chi connectivity index (χ1n) is 4.03. The molecule has 1 atom stereocenters. The van der Waals surface area contributed by atoms with Crippen LogP contribution in [0.2, 0.25) is 0 Å². The zero-order chi connectivity index (χ0) is 11.9. The molecule has 0 aliphatic carbocycles. The van der Waals surface area contributed by atoms with Crippen molar-refractivity contribution < 1.29 is 117 Å². The van der Waals surface area contributed by atoms with Crippen molar-refractivity contribution in [3.8, 4) is 0 Å². The standard InChI is InChI=1S/C5H14O6P2S2.3Na/c1-2-14-4-3-5-15-13(9,10)11-12(6,7)8;;;/h2-5H2,1H3,(H,9,10)(H2,6,7,8);;;/q;3*+1/p-3. The quantitative estimate of drug-likeness (QED) is 0.238. The van der Waals surface area contributed by atoms with Crippen LogP contribution in [0.15, 0.2) is 0 Å². The average Bonchev–Trinajstić information content (AvgIpc) is 1.99. The minimum Gasteiger partial charge on any atom is -0.790 e. The first-order valence-corrected chi connectivity index (χ1v) is 9.78. The Morgan fingerprint density at radius 2 is 1.56 bits per heavy atom. The molecule has 0 heterocycles. The van der Waals surface area contributed by atoms with E-state index < -0.39 is 14.6 Å². The fourth-order valence-corrected chi connectivity index (χ4v) is 5.33. The van der Waals surface area contributed by atoms with Gasteiger partial charge < -0.3 is 19.2 Å². The second-order valence-corrected chi connectivity index (χ2v) is 8.98. The fraction of sp³-hybridized carbons (Fsp3) is 1.00. The van der Waals surface area contributed by atoms with E-state index in [1.54, 1.807) is 11.8 Å². The van der Waals surface area contributed by atoms with Crippen molar-refractivity contribution in [2.24, 2.45) is 0 Å². The molecule has 0 amide bonds. The molecule has 92 valence electrons. The summed E-state index contributed by atoms with van der Waals surface area (Å²) in [7, 11) is -5.45. The first-order chi connectivity index (χ1) is 6.77. The summed E-state index contributed by atoms with van der Waals surface area (Å²) in [4.78, 5) is 31.0. The molecule has 0 aromatic heterocycles. The van der Waals surface area contributed by atoms with Crippen molar-refractivity contribution in [3.05, 3.63) is 0 Å².